The van der Waals surface area contributed by atoms with E-state index in [0.717, 1.165) is 60.4 Å². The molecule has 0 amide bonds. The summed E-state index contributed by atoms with van der Waals surface area (Å²) in [6.07, 6.45) is 2.30. The summed E-state index contributed by atoms with van der Waals surface area (Å²) >= 11 is 16.0. The molecule has 1 N–H and O–H groups in total. The Morgan fingerprint density at radius 2 is 1.68 bits per heavy atom. The van der Waals surface area contributed by atoms with E-state index < -0.39 is 0 Å². The monoisotopic (exact) mass is 648 g/mol. The van der Waals surface area contributed by atoms with E-state index in [0.29, 0.717) is 35.1 Å². The van der Waals surface area contributed by atoms with Crippen LogP contribution in [0.2, 0.25) is 10.0 Å². The van der Waals surface area contributed by atoms with Crippen LogP contribution in [-0.4, -0.2) is 30.6 Å². The summed E-state index contributed by atoms with van der Waals surface area (Å²) in [5.74, 6) is 1.40. The van der Waals surface area contributed by atoms with Crippen LogP contribution in [-0.2, 0) is 19.7 Å². The number of benzene rings is 3. The normalized spacial score (nSPS) is 13.9. The zero-order valence-electron chi connectivity index (χ0n) is 20.7. The molecule has 202 valence electrons. The lowest BCUT2D eigenvalue weighted by Crippen LogP contribution is -2.41. The molecule has 1 aliphatic heterocycles. The van der Waals surface area contributed by atoms with Crippen LogP contribution in [0, 0.1) is 0 Å². The van der Waals surface area contributed by atoms with E-state index in [1.165, 1.54) is 5.56 Å². The average molecular weight is 651 g/mol. The van der Waals surface area contributed by atoms with Gasteiger partial charge in [-0.15, -0.1) is 24.8 Å². The van der Waals surface area contributed by atoms with Gasteiger partial charge in [0.15, 0.2) is 11.5 Å². The Labute approximate surface area is 251 Å². The number of hydrogen-bond donors (Lipinski definition) is 1. The van der Waals surface area contributed by atoms with E-state index in [1.807, 2.05) is 19.1 Å². The molecule has 1 saturated heterocycles. The van der Waals surface area contributed by atoms with Gasteiger partial charge in [-0.2, -0.15) is 0 Å². The first-order valence-corrected chi connectivity index (χ1v) is 13.6. The fourth-order valence-corrected chi connectivity index (χ4v) is 5.38. The summed E-state index contributed by atoms with van der Waals surface area (Å²) in [7, 11) is 0. The van der Waals surface area contributed by atoms with Crippen LogP contribution in [0.15, 0.2) is 65.1 Å². The van der Waals surface area contributed by atoms with Crippen molar-refractivity contribution in [2.24, 2.45) is 0 Å². The summed E-state index contributed by atoms with van der Waals surface area (Å²) in [4.78, 5) is 2.54. The first kappa shape index (κ1) is 32.0. The molecule has 3 aromatic rings. The highest BCUT2D eigenvalue weighted by Crippen LogP contribution is 2.38. The van der Waals surface area contributed by atoms with Gasteiger partial charge in [-0.1, -0.05) is 59.6 Å². The van der Waals surface area contributed by atoms with E-state index >= 15 is 0 Å². The van der Waals surface area contributed by atoms with Gasteiger partial charge in [0.2, 0.25) is 0 Å². The van der Waals surface area contributed by atoms with Gasteiger partial charge >= 0.3 is 0 Å². The predicted molar refractivity (Wildman–Crippen MR) is 162 cm³/mol. The van der Waals surface area contributed by atoms with Gasteiger partial charge in [-0.25, -0.2) is 0 Å². The smallest absolute Gasteiger partial charge is 0.175 e. The highest BCUT2D eigenvalue weighted by molar-refractivity contribution is 9.10. The Hall–Kier alpha value is -1.18. The Balaban J connectivity index is 0.00000241. The summed E-state index contributed by atoms with van der Waals surface area (Å²) < 4.78 is 12.9. The second kappa shape index (κ2) is 16.0. The van der Waals surface area contributed by atoms with Crippen molar-refractivity contribution in [1.82, 2.24) is 10.2 Å². The zero-order chi connectivity index (χ0) is 24.6. The Morgan fingerprint density at radius 3 is 2.35 bits per heavy atom. The van der Waals surface area contributed by atoms with Gasteiger partial charge in [-0.05, 0) is 84.2 Å². The van der Waals surface area contributed by atoms with Crippen molar-refractivity contribution >= 4 is 63.9 Å². The quantitative estimate of drug-likeness (QED) is 0.239. The molecule has 0 aliphatic carbocycles. The molecule has 4 rings (SSSR count). The van der Waals surface area contributed by atoms with E-state index in [-0.39, 0.29) is 24.8 Å². The van der Waals surface area contributed by atoms with Crippen LogP contribution in [0.1, 0.15) is 36.5 Å². The van der Waals surface area contributed by atoms with E-state index in [1.54, 1.807) is 6.07 Å². The van der Waals surface area contributed by atoms with Crippen LogP contribution < -0.4 is 14.8 Å². The summed E-state index contributed by atoms with van der Waals surface area (Å²) in [5.41, 5.74) is 3.41. The fourth-order valence-electron chi connectivity index (χ4n) is 4.31. The molecular formula is C28H33BrCl4N2O2. The van der Waals surface area contributed by atoms with Gasteiger partial charge in [-0.3, -0.25) is 4.90 Å². The molecule has 4 nitrogen and oxygen atoms in total. The third-order valence-corrected chi connectivity index (χ3v) is 7.36. The maximum atomic E-state index is 6.31. The summed E-state index contributed by atoms with van der Waals surface area (Å²) in [6, 6.07) is 20.8. The Kier molecular flexibility index (Phi) is 13.9. The lowest BCUT2D eigenvalue weighted by Gasteiger charge is -2.32. The van der Waals surface area contributed by atoms with Gasteiger partial charge in [0, 0.05) is 34.7 Å². The fraction of sp³-hybridized carbons (Fsp3) is 0.357. The van der Waals surface area contributed by atoms with Crippen molar-refractivity contribution < 1.29 is 9.47 Å². The minimum atomic E-state index is 0. The second-order valence-corrected chi connectivity index (χ2v) is 10.5. The lowest BCUT2D eigenvalue weighted by molar-refractivity contribution is 0.190. The molecule has 0 saturated carbocycles. The number of ether oxygens (including phenoxy) is 2. The maximum Gasteiger partial charge on any atom is 0.175 e. The third kappa shape index (κ3) is 9.50. The average Bonchev–Trinajstić information content (AvgIpc) is 2.85. The van der Waals surface area contributed by atoms with Gasteiger partial charge < -0.3 is 14.8 Å². The number of nitrogens with zero attached hydrogens (tertiary/aromatic N) is 1. The number of piperidine rings is 1. The molecule has 0 spiro atoms. The molecule has 0 atom stereocenters. The SMILES string of the molecule is CCOc1cc(CNC2CCN(Cc3ccccc3)CC2)cc(Br)c1OCc1ccc(Cl)cc1Cl.Cl.Cl. The number of nitrogens with one attached hydrogen (secondary N) is 1. The van der Waals surface area contributed by atoms with Crippen LogP contribution >= 0.6 is 63.9 Å². The lowest BCUT2D eigenvalue weighted by atomic mass is 10.0. The summed E-state index contributed by atoms with van der Waals surface area (Å²) in [6.45, 7) is 6.89. The van der Waals surface area contributed by atoms with Gasteiger partial charge in [0.25, 0.3) is 0 Å². The van der Waals surface area contributed by atoms with E-state index in [9.17, 15) is 0 Å². The van der Waals surface area contributed by atoms with Gasteiger partial charge in [0.1, 0.15) is 6.61 Å². The molecule has 0 unspecified atom stereocenters. The predicted octanol–water partition coefficient (Wildman–Crippen LogP) is 8.33. The third-order valence-electron chi connectivity index (χ3n) is 6.19. The number of hydrogen-bond acceptors (Lipinski definition) is 4. The van der Waals surface area contributed by atoms with Crippen LogP contribution in [0.4, 0.5) is 0 Å². The maximum absolute atomic E-state index is 6.31. The first-order chi connectivity index (χ1) is 17.0. The molecule has 0 bridgehead atoms. The van der Waals surface area contributed by atoms with Crippen molar-refractivity contribution in [3.8, 4) is 11.5 Å². The summed E-state index contributed by atoms with van der Waals surface area (Å²) in [5, 5.41) is 4.93. The topological polar surface area (TPSA) is 33.7 Å². The standard InChI is InChI=1S/C28H31BrCl2N2O2.2ClH/c1-2-34-27-15-21(14-25(29)28(27)35-19-22-8-9-23(30)16-26(22)31)17-32-24-10-12-33(13-11-24)18-20-6-4-3-5-7-20;;/h3-9,14-16,24,32H,2,10-13,17-19H2,1H3;2*1H. The largest absolute Gasteiger partial charge is 0.490 e. The molecule has 0 radical (unpaired) electrons. The number of rotatable bonds is 10. The molecule has 9 heteroatoms. The molecule has 3 aromatic carbocycles. The van der Waals surface area contributed by atoms with Crippen molar-refractivity contribution in [3.05, 3.63) is 91.9 Å². The van der Waals surface area contributed by atoms with E-state index in [4.69, 9.17) is 32.7 Å². The van der Waals surface area contributed by atoms with Crippen LogP contribution in [0.5, 0.6) is 11.5 Å². The van der Waals surface area contributed by atoms with Gasteiger partial charge in [0.05, 0.1) is 11.1 Å². The molecule has 37 heavy (non-hydrogen) atoms. The zero-order valence-corrected chi connectivity index (χ0v) is 25.5. The number of halogens is 5. The molecule has 1 aliphatic rings. The highest BCUT2D eigenvalue weighted by atomic mass is 79.9. The highest BCUT2D eigenvalue weighted by Gasteiger charge is 2.20. The van der Waals surface area contributed by atoms with Crippen LogP contribution in [0.3, 0.4) is 0 Å². The number of likely N-dealkylation sites (tertiary alicyclic amines) is 1. The second-order valence-electron chi connectivity index (χ2n) is 8.78. The first-order valence-electron chi connectivity index (χ1n) is 12.0. The molecule has 1 fully saturated rings. The Bertz CT molecular complexity index is 1110. The van der Waals surface area contributed by atoms with Crippen LogP contribution in [0.25, 0.3) is 0 Å². The minimum absolute atomic E-state index is 0. The van der Waals surface area contributed by atoms with Crippen molar-refractivity contribution in [3.63, 3.8) is 0 Å². The minimum Gasteiger partial charge on any atom is -0.490 e. The van der Waals surface area contributed by atoms with Crippen molar-refractivity contribution in [2.75, 3.05) is 19.7 Å². The molecular weight excluding hydrogens is 618 g/mol. The molecule has 0 aromatic heterocycles. The molecule has 1 heterocycles. The Morgan fingerprint density at radius 1 is 0.946 bits per heavy atom. The van der Waals surface area contributed by atoms with Crippen molar-refractivity contribution in [1.29, 1.82) is 0 Å². The van der Waals surface area contributed by atoms with E-state index in [2.05, 4.69) is 68.6 Å². The van der Waals surface area contributed by atoms with Crippen molar-refractivity contribution in [2.45, 2.75) is 45.5 Å².